The van der Waals surface area contributed by atoms with Gasteiger partial charge in [0, 0.05) is 22.0 Å². The lowest BCUT2D eigenvalue weighted by molar-refractivity contribution is 0.585. The van der Waals surface area contributed by atoms with E-state index in [9.17, 15) is 8.42 Å². The van der Waals surface area contributed by atoms with Crippen molar-refractivity contribution in [3.63, 3.8) is 0 Å². The van der Waals surface area contributed by atoms with Crippen LogP contribution in [-0.4, -0.2) is 25.7 Å². The molecule has 1 heterocycles. The Morgan fingerprint density at radius 2 is 2.05 bits per heavy atom. The van der Waals surface area contributed by atoms with Crippen LogP contribution in [0.4, 0.5) is 0 Å². The first-order valence-electron chi connectivity index (χ1n) is 6.54. The normalized spacial score (nSPS) is 11.3. The number of nitrogens with zero attached hydrogens (tertiary/aromatic N) is 1. The van der Waals surface area contributed by atoms with Crippen molar-refractivity contribution in [2.45, 2.75) is 13.3 Å². The highest BCUT2D eigenvalue weighted by molar-refractivity contribution is 7.89. The van der Waals surface area contributed by atoms with Gasteiger partial charge in [0.05, 0.1) is 5.69 Å². The fraction of sp³-hybridized carbons (Fsp3) is 0.267. The topological polar surface area (TPSA) is 59.1 Å². The molecule has 0 atom stereocenters. The maximum atomic E-state index is 11.5. The van der Waals surface area contributed by atoms with Crippen molar-refractivity contribution in [2.75, 3.05) is 12.3 Å². The third-order valence-electron chi connectivity index (χ3n) is 2.93. The first-order chi connectivity index (χ1) is 10.4. The molecule has 116 valence electrons. The minimum Gasteiger partial charge on any atom is -0.241 e. The Bertz CT molecular complexity index is 790. The average Bonchev–Trinajstić information content (AvgIpc) is 2.81. The number of aromatic nitrogens is 1. The molecule has 1 aromatic carbocycles. The van der Waals surface area contributed by atoms with Crippen LogP contribution in [0.5, 0.6) is 0 Å². The monoisotopic (exact) mass is 354 g/mol. The summed E-state index contributed by atoms with van der Waals surface area (Å²) in [6.45, 7) is 2.23. The predicted octanol–water partition coefficient (Wildman–Crippen LogP) is 2.87. The Morgan fingerprint density at radius 3 is 2.68 bits per heavy atom. The molecule has 0 aliphatic rings. The second-order valence-corrected chi connectivity index (χ2v) is 7.97. The van der Waals surface area contributed by atoms with Gasteiger partial charge in [-0.05, 0) is 25.5 Å². The van der Waals surface area contributed by atoms with Gasteiger partial charge in [0.15, 0.2) is 0 Å². The summed E-state index contributed by atoms with van der Waals surface area (Å²) in [5, 5.41) is 1.58. The van der Waals surface area contributed by atoms with E-state index in [-0.39, 0.29) is 5.75 Å². The summed E-state index contributed by atoms with van der Waals surface area (Å²) in [6, 6.07) is 7.47. The number of aryl methyl sites for hydroxylation is 1. The zero-order valence-electron chi connectivity index (χ0n) is 12.0. The smallest absolute Gasteiger partial charge is 0.222 e. The Kier molecular flexibility index (Phi) is 5.59. The highest BCUT2D eigenvalue weighted by atomic mass is 35.5. The van der Waals surface area contributed by atoms with Crippen molar-refractivity contribution >= 4 is 33.0 Å². The molecule has 0 unspecified atom stereocenters. The first kappa shape index (κ1) is 17.0. The lowest BCUT2D eigenvalue weighted by Crippen LogP contribution is -2.27. The van der Waals surface area contributed by atoms with Gasteiger partial charge in [-0.2, -0.15) is 0 Å². The van der Waals surface area contributed by atoms with Gasteiger partial charge in [-0.3, -0.25) is 0 Å². The van der Waals surface area contributed by atoms with Gasteiger partial charge in [-0.1, -0.05) is 29.7 Å². The van der Waals surface area contributed by atoms with Crippen molar-refractivity contribution in [2.24, 2.45) is 0 Å². The molecule has 0 saturated heterocycles. The summed E-state index contributed by atoms with van der Waals surface area (Å²) in [5.74, 6) is 1.83. The van der Waals surface area contributed by atoms with Gasteiger partial charge in [0.25, 0.3) is 0 Å². The van der Waals surface area contributed by atoms with Crippen LogP contribution < -0.4 is 4.72 Å². The third kappa shape index (κ3) is 4.55. The van der Waals surface area contributed by atoms with Crippen molar-refractivity contribution in [3.05, 3.63) is 39.9 Å². The number of sulfonamides is 1. The van der Waals surface area contributed by atoms with Gasteiger partial charge < -0.3 is 0 Å². The highest BCUT2D eigenvalue weighted by Gasteiger charge is 2.11. The molecule has 0 aliphatic heterocycles. The molecule has 0 aliphatic carbocycles. The van der Waals surface area contributed by atoms with Crippen molar-refractivity contribution in [1.82, 2.24) is 9.71 Å². The molecule has 0 amide bonds. The van der Waals surface area contributed by atoms with Crippen LogP contribution in [0.1, 0.15) is 10.6 Å². The molecular formula is C15H15ClN2O2S2. The minimum absolute atomic E-state index is 0.301. The van der Waals surface area contributed by atoms with Crippen LogP contribution in [0.25, 0.3) is 10.6 Å². The predicted molar refractivity (Wildman–Crippen MR) is 91.6 cm³/mol. The molecule has 0 spiro atoms. The Morgan fingerprint density at radius 1 is 1.36 bits per heavy atom. The van der Waals surface area contributed by atoms with Crippen LogP contribution in [0.3, 0.4) is 0 Å². The Hall–Kier alpha value is -1.39. The largest absolute Gasteiger partial charge is 0.241 e. The quantitative estimate of drug-likeness (QED) is 0.811. The van der Waals surface area contributed by atoms with E-state index >= 15 is 0 Å². The van der Waals surface area contributed by atoms with Crippen LogP contribution in [0.15, 0.2) is 24.3 Å². The van der Waals surface area contributed by atoms with E-state index in [2.05, 4.69) is 15.6 Å². The third-order valence-corrected chi connectivity index (χ3v) is 5.64. The molecule has 2 rings (SSSR count). The van der Waals surface area contributed by atoms with Gasteiger partial charge >= 0.3 is 0 Å². The van der Waals surface area contributed by atoms with Gasteiger partial charge in [-0.15, -0.1) is 17.8 Å². The maximum absolute atomic E-state index is 11.5. The van der Waals surface area contributed by atoms with Gasteiger partial charge in [-0.25, -0.2) is 18.1 Å². The van der Waals surface area contributed by atoms with Crippen LogP contribution in [0, 0.1) is 19.3 Å². The molecule has 4 nitrogen and oxygen atoms in total. The summed E-state index contributed by atoms with van der Waals surface area (Å²) >= 11 is 7.43. The first-order valence-corrected chi connectivity index (χ1v) is 9.39. The number of rotatable bonds is 6. The van der Waals surface area contributed by atoms with E-state index < -0.39 is 10.0 Å². The van der Waals surface area contributed by atoms with Gasteiger partial charge in [0.1, 0.15) is 10.8 Å². The summed E-state index contributed by atoms with van der Waals surface area (Å²) in [5.41, 5.74) is 1.91. The fourth-order valence-electron chi connectivity index (χ4n) is 1.86. The summed E-state index contributed by atoms with van der Waals surface area (Å²) < 4.78 is 25.5. The zero-order valence-corrected chi connectivity index (χ0v) is 14.4. The number of halogens is 1. The van der Waals surface area contributed by atoms with E-state index in [4.69, 9.17) is 18.0 Å². The fourth-order valence-corrected chi connectivity index (χ4v) is 3.78. The van der Waals surface area contributed by atoms with Crippen molar-refractivity contribution in [3.8, 4) is 22.9 Å². The zero-order chi connectivity index (χ0) is 16.2. The second kappa shape index (κ2) is 7.25. The molecular weight excluding hydrogens is 340 g/mol. The van der Waals surface area contributed by atoms with Crippen molar-refractivity contribution in [1.29, 1.82) is 0 Å². The number of hydrogen-bond acceptors (Lipinski definition) is 4. The molecule has 7 heteroatoms. The lowest BCUT2D eigenvalue weighted by Gasteiger charge is -2.02. The summed E-state index contributed by atoms with van der Waals surface area (Å²) in [4.78, 5) is 5.58. The number of hydrogen-bond donors (Lipinski definition) is 1. The standard InChI is InChI=1S/C15H15ClN2O2S2/c1-3-10-22(19,20)17-9-8-14-11(2)18-15(21-14)12-4-6-13(16)7-5-12/h1,4-7,17H,8-10H2,2H3. The van der Waals surface area contributed by atoms with E-state index in [1.807, 2.05) is 31.2 Å². The van der Waals surface area contributed by atoms with Crippen LogP contribution >= 0.6 is 22.9 Å². The average molecular weight is 355 g/mol. The SMILES string of the molecule is C#CCS(=O)(=O)NCCc1sc(-c2ccc(Cl)cc2)nc1C. The number of thiazole rings is 1. The van der Waals surface area contributed by atoms with Gasteiger partial charge in [0.2, 0.25) is 10.0 Å². The van der Waals surface area contributed by atoms with E-state index in [1.165, 1.54) is 0 Å². The lowest BCUT2D eigenvalue weighted by atomic mass is 10.2. The Labute approximate surface area is 139 Å². The summed E-state index contributed by atoms with van der Waals surface area (Å²) in [6.07, 6.45) is 5.60. The second-order valence-electron chi connectivity index (χ2n) is 4.64. The number of nitrogens with one attached hydrogen (secondary N) is 1. The molecule has 0 saturated carbocycles. The molecule has 2 aromatic rings. The molecule has 0 fully saturated rings. The molecule has 1 N–H and O–H groups in total. The Balaban J connectivity index is 2.05. The van der Waals surface area contributed by atoms with E-state index in [0.29, 0.717) is 18.0 Å². The molecule has 22 heavy (non-hydrogen) atoms. The van der Waals surface area contributed by atoms with Crippen molar-refractivity contribution < 1.29 is 8.42 Å². The number of benzene rings is 1. The number of terminal acetylenes is 1. The molecule has 0 radical (unpaired) electrons. The minimum atomic E-state index is -3.38. The van der Waals surface area contributed by atoms with Crippen LogP contribution in [-0.2, 0) is 16.4 Å². The molecule has 1 aromatic heterocycles. The van der Waals surface area contributed by atoms with E-state index in [1.54, 1.807) is 11.3 Å². The highest BCUT2D eigenvalue weighted by Crippen LogP contribution is 2.28. The summed E-state index contributed by atoms with van der Waals surface area (Å²) in [7, 11) is -3.38. The molecule has 0 bridgehead atoms. The van der Waals surface area contributed by atoms with Crippen LogP contribution in [0.2, 0.25) is 5.02 Å². The maximum Gasteiger partial charge on any atom is 0.222 e. The van der Waals surface area contributed by atoms with E-state index in [0.717, 1.165) is 21.1 Å².